The number of hydrogen-bond donors (Lipinski definition) is 3. The fourth-order valence-corrected chi connectivity index (χ4v) is 1.37. The average Bonchev–Trinajstić information content (AvgIpc) is 2.42. The van der Waals surface area contributed by atoms with Crippen molar-refractivity contribution in [2.75, 3.05) is 18.6 Å². The maximum atomic E-state index is 11.7. The van der Waals surface area contributed by atoms with Gasteiger partial charge in [0, 0.05) is 13.2 Å². The minimum Gasteiger partial charge on any atom is -0.379 e. The molecule has 0 fully saturated rings. The minimum absolute atomic E-state index is 0.235. The number of hydrogen-bond acceptors (Lipinski definition) is 6. The molecule has 1 heterocycles. The Labute approximate surface area is 112 Å². The standard InChI is InChI=1S/C12H21N5O2/c1-9(2)19-8-4-3-7-14-12(18)10-5-6-11(15-13)17-16-10/h5-6,9H,3-4,7-8,13H2,1-2H3,(H,14,18)(H,15,17). The summed E-state index contributed by atoms with van der Waals surface area (Å²) >= 11 is 0. The summed E-state index contributed by atoms with van der Waals surface area (Å²) in [7, 11) is 0. The predicted molar refractivity (Wildman–Crippen MR) is 72.5 cm³/mol. The van der Waals surface area contributed by atoms with Crippen molar-refractivity contribution in [1.82, 2.24) is 15.5 Å². The molecule has 0 aliphatic heterocycles. The molecule has 0 unspecified atom stereocenters. The first-order valence-electron chi connectivity index (χ1n) is 6.33. The molecule has 0 saturated carbocycles. The number of carbonyl (C=O) groups is 1. The first kappa shape index (κ1) is 15.3. The normalized spacial score (nSPS) is 10.5. The van der Waals surface area contributed by atoms with E-state index in [1.807, 2.05) is 13.8 Å². The number of nitrogens with one attached hydrogen (secondary N) is 2. The number of ether oxygens (including phenoxy) is 1. The summed E-state index contributed by atoms with van der Waals surface area (Å²) in [5.41, 5.74) is 2.62. The molecule has 0 atom stereocenters. The number of unbranched alkanes of at least 4 members (excludes halogenated alkanes) is 1. The van der Waals surface area contributed by atoms with Crippen LogP contribution >= 0.6 is 0 Å². The maximum absolute atomic E-state index is 11.7. The summed E-state index contributed by atoms with van der Waals surface area (Å²) < 4.78 is 5.41. The highest BCUT2D eigenvalue weighted by molar-refractivity contribution is 5.92. The number of nitrogen functional groups attached to an aromatic ring is 1. The molecule has 0 radical (unpaired) electrons. The van der Waals surface area contributed by atoms with E-state index in [4.69, 9.17) is 10.6 Å². The number of nitrogens with two attached hydrogens (primary N) is 1. The fraction of sp³-hybridized carbons (Fsp3) is 0.583. The van der Waals surface area contributed by atoms with Gasteiger partial charge in [0.25, 0.3) is 5.91 Å². The smallest absolute Gasteiger partial charge is 0.271 e. The summed E-state index contributed by atoms with van der Waals surface area (Å²) in [6.07, 6.45) is 2.04. The van der Waals surface area contributed by atoms with Crippen LogP contribution in [0.4, 0.5) is 5.82 Å². The van der Waals surface area contributed by atoms with E-state index in [-0.39, 0.29) is 17.7 Å². The van der Waals surface area contributed by atoms with Crippen molar-refractivity contribution in [2.45, 2.75) is 32.8 Å². The van der Waals surface area contributed by atoms with Gasteiger partial charge >= 0.3 is 0 Å². The van der Waals surface area contributed by atoms with Crippen LogP contribution in [0.3, 0.4) is 0 Å². The monoisotopic (exact) mass is 267 g/mol. The Morgan fingerprint density at radius 2 is 2.16 bits per heavy atom. The third-order valence-electron chi connectivity index (χ3n) is 2.35. The highest BCUT2D eigenvalue weighted by Gasteiger charge is 2.06. The zero-order chi connectivity index (χ0) is 14.1. The van der Waals surface area contributed by atoms with Crippen molar-refractivity contribution in [3.8, 4) is 0 Å². The van der Waals surface area contributed by atoms with Gasteiger partial charge < -0.3 is 15.5 Å². The quantitative estimate of drug-likeness (QED) is 0.364. The van der Waals surface area contributed by atoms with Gasteiger partial charge in [-0.05, 0) is 38.8 Å². The molecular formula is C12H21N5O2. The van der Waals surface area contributed by atoms with Crippen LogP contribution in [0.2, 0.25) is 0 Å². The fourth-order valence-electron chi connectivity index (χ4n) is 1.37. The lowest BCUT2D eigenvalue weighted by Crippen LogP contribution is -2.26. The van der Waals surface area contributed by atoms with Gasteiger partial charge in [0.05, 0.1) is 6.10 Å². The largest absolute Gasteiger partial charge is 0.379 e. The van der Waals surface area contributed by atoms with E-state index in [1.54, 1.807) is 12.1 Å². The molecule has 19 heavy (non-hydrogen) atoms. The van der Waals surface area contributed by atoms with E-state index < -0.39 is 0 Å². The van der Waals surface area contributed by atoms with E-state index in [0.29, 0.717) is 19.0 Å². The summed E-state index contributed by atoms with van der Waals surface area (Å²) in [6, 6.07) is 3.16. The Morgan fingerprint density at radius 1 is 1.37 bits per heavy atom. The second-order valence-electron chi connectivity index (χ2n) is 4.33. The first-order chi connectivity index (χ1) is 9.13. The highest BCUT2D eigenvalue weighted by atomic mass is 16.5. The van der Waals surface area contributed by atoms with E-state index in [9.17, 15) is 4.79 Å². The molecular weight excluding hydrogens is 246 g/mol. The molecule has 1 aromatic rings. The van der Waals surface area contributed by atoms with Gasteiger partial charge in [-0.25, -0.2) is 5.84 Å². The Bertz CT molecular complexity index is 380. The number of amides is 1. The maximum Gasteiger partial charge on any atom is 0.271 e. The van der Waals surface area contributed by atoms with Crippen molar-refractivity contribution >= 4 is 11.7 Å². The Kier molecular flexibility index (Phi) is 6.76. The Balaban J connectivity index is 2.20. The molecule has 4 N–H and O–H groups in total. The van der Waals surface area contributed by atoms with Gasteiger partial charge in [-0.1, -0.05) is 0 Å². The second kappa shape index (κ2) is 8.39. The molecule has 7 heteroatoms. The zero-order valence-electron chi connectivity index (χ0n) is 11.3. The number of anilines is 1. The summed E-state index contributed by atoms with van der Waals surface area (Å²) in [5.74, 6) is 5.34. The molecule has 0 aliphatic carbocycles. The molecule has 0 aliphatic rings. The van der Waals surface area contributed by atoms with Crippen LogP contribution < -0.4 is 16.6 Å². The van der Waals surface area contributed by atoms with Crippen LogP contribution in [-0.2, 0) is 4.74 Å². The van der Waals surface area contributed by atoms with Crippen LogP contribution in [0.25, 0.3) is 0 Å². The Hall–Kier alpha value is -1.73. The lowest BCUT2D eigenvalue weighted by atomic mass is 10.3. The summed E-state index contributed by atoms with van der Waals surface area (Å²) in [5, 5.41) is 10.3. The predicted octanol–water partition coefficient (Wildman–Crippen LogP) is 0.697. The van der Waals surface area contributed by atoms with Crippen molar-refractivity contribution in [1.29, 1.82) is 0 Å². The van der Waals surface area contributed by atoms with E-state index in [0.717, 1.165) is 12.8 Å². The van der Waals surface area contributed by atoms with Crippen molar-refractivity contribution in [2.24, 2.45) is 5.84 Å². The van der Waals surface area contributed by atoms with Crippen LogP contribution in [0.1, 0.15) is 37.2 Å². The van der Waals surface area contributed by atoms with Gasteiger partial charge in [-0.15, -0.1) is 10.2 Å². The van der Waals surface area contributed by atoms with E-state index in [2.05, 4.69) is 20.9 Å². The van der Waals surface area contributed by atoms with Crippen LogP contribution in [0, 0.1) is 0 Å². The van der Waals surface area contributed by atoms with Gasteiger partial charge in [-0.3, -0.25) is 4.79 Å². The molecule has 0 saturated heterocycles. The highest BCUT2D eigenvalue weighted by Crippen LogP contribution is 2.00. The van der Waals surface area contributed by atoms with Crippen LogP contribution in [-0.4, -0.2) is 35.4 Å². The number of carbonyl (C=O) groups excluding carboxylic acids is 1. The van der Waals surface area contributed by atoms with Crippen LogP contribution in [0.5, 0.6) is 0 Å². The van der Waals surface area contributed by atoms with Crippen molar-refractivity contribution < 1.29 is 9.53 Å². The van der Waals surface area contributed by atoms with Crippen LogP contribution in [0.15, 0.2) is 12.1 Å². The van der Waals surface area contributed by atoms with E-state index in [1.165, 1.54) is 0 Å². The van der Waals surface area contributed by atoms with Gasteiger partial charge in [0.1, 0.15) is 0 Å². The lowest BCUT2D eigenvalue weighted by molar-refractivity contribution is 0.0754. The topological polar surface area (TPSA) is 102 Å². The number of rotatable bonds is 8. The lowest BCUT2D eigenvalue weighted by Gasteiger charge is -2.07. The Morgan fingerprint density at radius 3 is 2.74 bits per heavy atom. The third-order valence-corrected chi connectivity index (χ3v) is 2.35. The molecule has 1 amide bonds. The molecule has 7 nitrogen and oxygen atoms in total. The molecule has 1 rings (SSSR count). The number of aromatic nitrogens is 2. The van der Waals surface area contributed by atoms with E-state index >= 15 is 0 Å². The van der Waals surface area contributed by atoms with Gasteiger partial charge in [0.2, 0.25) is 0 Å². The van der Waals surface area contributed by atoms with Crippen molar-refractivity contribution in [3.63, 3.8) is 0 Å². The van der Waals surface area contributed by atoms with Crippen molar-refractivity contribution in [3.05, 3.63) is 17.8 Å². The number of hydrazine groups is 1. The molecule has 0 aromatic carbocycles. The minimum atomic E-state index is -0.235. The second-order valence-corrected chi connectivity index (χ2v) is 4.33. The average molecular weight is 267 g/mol. The SMILES string of the molecule is CC(C)OCCCCNC(=O)c1ccc(NN)nn1. The molecule has 0 spiro atoms. The zero-order valence-corrected chi connectivity index (χ0v) is 11.3. The summed E-state index contributed by atoms with van der Waals surface area (Å²) in [6.45, 7) is 5.31. The molecule has 0 bridgehead atoms. The molecule has 106 valence electrons. The third kappa shape index (κ3) is 6.12. The first-order valence-corrected chi connectivity index (χ1v) is 6.33. The summed E-state index contributed by atoms with van der Waals surface area (Å²) in [4.78, 5) is 11.7. The number of nitrogens with zero attached hydrogens (tertiary/aromatic N) is 2. The molecule has 1 aromatic heterocycles. The van der Waals surface area contributed by atoms with Gasteiger partial charge in [-0.2, -0.15) is 0 Å². The van der Waals surface area contributed by atoms with Gasteiger partial charge in [0.15, 0.2) is 11.5 Å².